The van der Waals surface area contributed by atoms with Gasteiger partial charge in [0, 0.05) is 5.69 Å². The molecule has 0 aliphatic heterocycles. The van der Waals surface area contributed by atoms with Gasteiger partial charge in [0.25, 0.3) is 0 Å². The van der Waals surface area contributed by atoms with E-state index in [1.54, 1.807) is 0 Å². The summed E-state index contributed by atoms with van der Waals surface area (Å²) in [4.78, 5) is 12.3. The highest BCUT2D eigenvalue weighted by Crippen LogP contribution is 2.30. The summed E-state index contributed by atoms with van der Waals surface area (Å²) < 4.78 is 5.69. The van der Waals surface area contributed by atoms with E-state index in [9.17, 15) is 4.79 Å². The van der Waals surface area contributed by atoms with Crippen LogP contribution in [0.3, 0.4) is 0 Å². The van der Waals surface area contributed by atoms with E-state index in [0.29, 0.717) is 0 Å². The smallest absolute Gasteiger partial charge is 0.244 e. The maximum atomic E-state index is 12.3. The third-order valence-corrected chi connectivity index (χ3v) is 4.49. The molecule has 0 spiro atoms. The van der Waals surface area contributed by atoms with E-state index in [1.165, 1.54) is 19.3 Å². The summed E-state index contributed by atoms with van der Waals surface area (Å²) in [6.07, 6.45) is 7.39. The molecule has 5 heteroatoms. The Balaban J connectivity index is 0.00000176. The lowest BCUT2D eigenvalue weighted by molar-refractivity contribution is -0.122. The Hall–Kier alpha value is -1.26. The molecule has 4 nitrogen and oxygen atoms in total. The number of halogens is 1. The van der Waals surface area contributed by atoms with Crippen LogP contribution < -0.4 is 15.8 Å². The Morgan fingerprint density at radius 2 is 1.82 bits per heavy atom. The molecule has 0 saturated heterocycles. The van der Waals surface area contributed by atoms with Gasteiger partial charge in [-0.2, -0.15) is 0 Å². The van der Waals surface area contributed by atoms with Gasteiger partial charge in [0.1, 0.15) is 5.75 Å². The first-order valence-electron chi connectivity index (χ1n) is 7.99. The van der Waals surface area contributed by atoms with E-state index < -0.39 is 5.54 Å². The Bertz CT molecular complexity index is 494. The number of carbonyl (C=O) groups is 1. The van der Waals surface area contributed by atoms with Gasteiger partial charge in [-0.05, 0) is 55.9 Å². The number of amides is 1. The summed E-state index contributed by atoms with van der Waals surface area (Å²) in [5.74, 6) is 1.54. The third-order valence-electron chi connectivity index (χ3n) is 4.49. The Labute approximate surface area is 138 Å². The number of anilines is 1. The first kappa shape index (κ1) is 17.1. The molecule has 0 bridgehead atoms. The summed E-state index contributed by atoms with van der Waals surface area (Å²) in [6.45, 7) is 0.803. The number of rotatable bonds is 5. The highest BCUT2D eigenvalue weighted by molar-refractivity contribution is 5.98. The van der Waals surface area contributed by atoms with Gasteiger partial charge in [0.2, 0.25) is 5.91 Å². The second-order valence-corrected chi connectivity index (χ2v) is 6.45. The SMILES string of the molecule is Cl.NC1(C(=O)Nc2ccc(OCC3CC3)cc2)CCCCC1. The summed E-state index contributed by atoms with van der Waals surface area (Å²) in [5, 5.41) is 2.94. The van der Waals surface area contributed by atoms with Crippen molar-refractivity contribution >= 4 is 24.0 Å². The van der Waals surface area contributed by atoms with E-state index >= 15 is 0 Å². The third kappa shape index (κ3) is 4.37. The number of hydrogen-bond acceptors (Lipinski definition) is 3. The summed E-state index contributed by atoms with van der Waals surface area (Å²) in [6, 6.07) is 7.57. The molecule has 1 aromatic carbocycles. The minimum atomic E-state index is -0.695. The van der Waals surface area contributed by atoms with Gasteiger partial charge >= 0.3 is 0 Å². The highest BCUT2D eigenvalue weighted by Gasteiger charge is 2.35. The van der Waals surface area contributed by atoms with E-state index in [0.717, 1.165) is 49.6 Å². The molecule has 3 N–H and O–H groups in total. The monoisotopic (exact) mass is 324 g/mol. The molecule has 0 atom stereocenters. The summed E-state index contributed by atoms with van der Waals surface area (Å²) in [5.41, 5.74) is 6.32. The van der Waals surface area contributed by atoms with Crippen LogP contribution in [0.4, 0.5) is 5.69 Å². The molecule has 2 fully saturated rings. The zero-order valence-electron chi connectivity index (χ0n) is 12.8. The van der Waals surface area contributed by atoms with Gasteiger partial charge in [-0.15, -0.1) is 12.4 Å². The van der Waals surface area contributed by atoms with Crippen molar-refractivity contribution in [3.63, 3.8) is 0 Å². The van der Waals surface area contributed by atoms with Crippen LogP contribution in [0.15, 0.2) is 24.3 Å². The van der Waals surface area contributed by atoms with Crippen molar-refractivity contribution in [1.82, 2.24) is 0 Å². The summed E-state index contributed by atoms with van der Waals surface area (Å²) in [7, 11) is 0. The molecule has 22 heavy (non-hydrogen) atoms. The molecular weight excluding hydrogens is 300 g/mol. The van der Waals surface area contributed by atoms with Crippen LogP contribution in [-0.4, -0.2) is 18.1 Å². The van der Waals surface area contributed by atoms with Crippen molar-refractivity contribution in [1.29, 1.82) is 0 Å². The fraction of sp³-hybridized carbons (Fsp3) is 0.588. The number of benzene rings is 1. The predicted molar refractivity (Wildman–Crippen MR) is 90.5 cm³/mol. The van der Waals surface area contributed by atoms with Gasteiger partial charge < -0.3 is 15.8 Å². The number of nitrogens with two attached hydrogens (primary N) is 1. The van der Waals surface area contributed by atoms with Crippen LogP contribution in [0.1, 0.15) is 44.9 Å². The zero-order valence-corrected chi connectivity index (χ0v) is 13.7. The van der Waals surface area contributed by atoms with E-state index in [4.69, 9.17) is 10.5 Å². The second kappa shape index (κ2) is 7.34. The van der Waals surface area contributed by atoms with Gasteiger partial charge in [0.05, 0.1) is 12.1 Å². The average Bonchev–Trinajstić information content (AvgIpc) is 3.31. The van der Waals surface area contributed by atoms with E-state index in [1.807, 2.05) is 24.3 Å². The maximum Gasteiger partial charge on any atom is 0.244 e. The van der Waals surface area contributed by atoms with Gasteiger partial charge in [-0.25, -0.2) is 0 Å². The molecule has 0 radical (unpaired) electrons. The second-order valence-electron chi connectivity index (χ2n) is 6.45. The van der Waals surface area contributed by atoms with Crippen molar-refractivity contribution in [2.45, 2.75) is 50.5 Å². The highest BCUT2D eigenvalue weighted by atomic mass is 35.5. The standard InChI is InChI=1S/C17H24N2O2.ClH/c18-17(10-2-1-3-11-17)16(20)19-14-6-8-15(9-7-14)21-12-13-4-5-13;/h6-9,13H,1-5,10-12,18H2,(H,19,20);1H. The van der Waals surface area contributed by atoms with Gasteiger partial charge in [0.15, 0.2) is 0 Å². The minimum absolute atomic E-state index is 0. The molecule has 1 aromatic rings. The van der Waals surface area contributed by atoms with Gasteiger partial charge in [-0.1, -0.05) is 19.3 Å². The van der Waals surface area contributed by atoms with Crippen LogP contribution in [0.5, 0.6) is 5.75 Å². The molecular formula is C17H25ClN2O2. The van der Waals surface area contributed by atoms with Crippen LogP contribution in [0.25, 0.3) is 0 Å². The molecule has 2 aliphatic carbocycles. The quantitative estimate of drug-likeness (QED) is 0.871. The van der Waals surface area contributed by atoms with Crippen LogP contribution >= 0.6 is 12.4 Å². The number of ether oxygens (including phenoxy) is 1. The molecule has 2 saturated carbocycles. The van der Waals surface area contributed by atoms with Crippen molar-refractivity contribution in [3.8, 4) is 5.75 Å². The van der Waals surface area contributed by atoms with Gasteiger partial charge in [-0.3, -0.25) is 4.79 Å². The predicted octanol–water partition coefficient (Wildman–Crippen LogP) is 3.50. The minimum Gasteiger partial charge on any atom is -0.493 e. The van der Waals surface area contributed by atoms with Crippen molar-refractivity contribution in [2.75, 3.05) is 11.9 Å². The van der Waals surface area contributed by atoms with Crippen LogP contribution in [0.2, 0.25) is 0 Å². The normalized spacial score (nSPS) is 19.9. The summed E-state index contributed by atoms with van der Waals surface area (Å²) >= 11 is 0. The average molecular weight is 325 g/mol. The van der Waals surface area contributed by atoms with E-state index in [2.05, 4.69) is 5.32 Å². The van der Waals surface area contributed by atoms with Crippen molar-refractivity contribution in [3.05, 3.63) is 24.3 Å². The fourth-order valence-corrected chi connectivity index (χ4v) is 2.80. The molecule has 1 amide bonds. The molecule has 0 aromatic heterocycles. The number of hydrogen-bond donors (Lipinski definition) is 2. The number of nitrogens with one attached hydrogen (secondary N) is 1. The molecule has 3 rings (SSSR count). The molecule has 0 unspecified atom stereocenters. The molecule has 122 valence electrons. The Morgan fingerprint density at radius 3 is 2.41 bits per heavy atom. The van der Waals surface area contributed by atoms with E-state index in [-0.39, 0.29) is 18.3 Å². The maximum absolute atomic E-state index is 12.3. The topological polar surface area (TPSA) is 64.4 Å². The number of carbonyl (C=O) groups excluding carboxylic acids is 1. The van der Waals surface area contributed by atoms with Crippen molar-refractivity contribution in [2.24, 2.45) is 11.7 Å². The lowest BCUT2D eigenvalue weighted by Gasteiger charge is -2.31. The lowest BCUT2D eigenvalue weighted by Crippen LogP contribution is -2.52. The molecule has 2 aliphatic rings. The van der Waals surface area contributed by atoms with Crippen LogP contribution in [0, 0.1) is 5.92 Å². The Kier molecular flexibility index (Phi) is 5.70. The lowest BCUT2D eigenvalue weighted by atomic mass is 9.82. The largest absolute Gasteiger partial charge is 0.493 e. The van der Waals surface area contributed by atoms with Crippen LogP contribution in [-0.2, 0) is 4.79 Å². The fourth-order valence-electron chi connectivity index (χ4n) is 2.80. The first-order chi connectivity index (χ1) is 10.2. The zero-order chi connectivity index (χ0) is 14.7. The molecule has 0 heterocycles. The Morgan fingerprint density at radius 1 is 1.18 bits per heavy atom. The van der Waals surface area contributed by atoms with Crippen molar-refractivity contribution < 1.29 is 9.53 Å². The first-order valence-corrected chi connectivity index (χ1v) is 7.99.